The van der Waals surface area contributed by atoms with Gasteiger partial charge in [-0.1, -0.05) is 0 Å². The summed E-state index contributed by atoms with van der Waals surface area (Å²) >= 11 is 0. The minimum absolute atomic E-state index is 0.173. The van der Waals surface area contributed by atoms with Crippen LogP contribution in [0.25, 0.3) is 0 Å². The van der Waals surface area contributed by atoms with E-state index in [1.807, 2.05) is 0 Å². The second kappa shape index (κ2) is 4.24. The number of Topliss-reactive ketones (excluding diaryl/α,β-unsaturated/α-hetero) is 1. The number of carbonyl (C=O) groups excluding carboxylic acids is 2. The van der Waals surface area contributed by atoms with Gasteiger partial charge in [0.25, 0.3) is 0 Å². The zero-order chi connectivity index (χ0) is 11.6. The first-order valence-electron chi connectivity index (χ1n) is 5.00. The minimum Gasteiger partial charge on any atom is -0.346 e. The van der Waals surface area contributed by atoms with E-state index in [2.05, 4.69) is 5.32 Å². The molecule has 0 aromatic rings. The Morgan fingerprint density at radius 3 is 2.47 bits per heavy atom. The molecule has 1 rings (SSSR count). The maximum Gasteiger partial charge on any atom is 0.248 e. The monoisotopic (exact) mass is 219 g/mol. The van der Waals surface area contributed by atoms with Crippen LogP contribution in [-0.4, -0.2) is 23.7 Å². The first kappa shape index (κ1) is 12.1. The lowest BCUT2D eigenvalue weighted by atomic mass is 10.1. The topological polar surface area (TPSA) is 46.2 Å². The fourth-order valence-corrected chi connectivity index (χ4v) is 1.61. The summed E-state index contributed by atoms with van der Waals surface area (Å²) in [6, 6.07) is -0.591. The van der Waals surface area contributed by atoms with E-state index in [4.69, 9.17) is 0 Å². The van der Waals surface area contributed by atoms with Crippen molar-refractivity contribution in [2.75, 3.05) is 0 Å². The van der Waals surface area contributed by atoms with E-state index < -0.39 is 30.2 Å². The molecule has 86 valence electrons. The Hall–Kier alpha value is -1.00. The van der Waals surface area contributed by atoms with Gasteiger partial charge in [0.2, 0.25) is 11.8 Å². The number of ketones is 1. The largest absolute Gasteiger partial charge is 0.346 e. The Kier molecular flexibility index (Phi) is 3.42. The molecule has 1 aliphatic carbocycles. The van der Waals surface area contributed by atoms with E-state index in [-0.39, 0.29) is 18.6 Å². The number of halogens is 2. The second-order valence-electron chi connectivity index (χ2n) is 4.14. The molecule has 3 nitrogen and oxygen atoms in total. The van der Waals surface area contributed by atoms with Crippen LogP contribution < -0.4 is 5.32 Å². The summed E-state index contributed by atoms with van der Waals surface area (Å²) in [4.78, 5) is 22.3. The van der Waals surface area contributed by atoms with Gasteiger partial charge in [0.15, 0.2) is 5.78 Å². The fraction of sp³-hybridized carbons (Fsp3) is 0.800. The van der Waals surface area contributed by atoms with Gasteiger partial charge >= 0.3 is 0 Å². The van der Waals surface area contributed by atoms with Gasteiger partial charge in [-0.05, 0) is 20.3 Å². The number of nitrogens with one attached hydrogen (secondary N) is 1. The standard InChI is InChI=1S/C10H15F2NO2/c1-6(7(2)14)13-9(15)8-3-4-10(11,12)5-8/h6,8H,3-5H2,1-2H3,(H,13,15). The molecule has 0 heterocycles. The summed E-state index contributed by atoms with van der Waals surface area (Å²) in [5, 5.41) is 2.44. The predicted molar refractivity (Wildman–Crippen MR) is 50.6 cm³/mol. The number of alkyl halides is 2. The molecule has 0 saturated heterocycles. The third-order valence-corrected chi connectivity index (χ3v) is 2.74. The molecule has 5 heteroatoms. The first-order valence-corrected chi connectivity index (χ1v) is 5.00. The quantitative estimate of drug-likeness (QED) is 0.782. The van der Waals surface area contributed by atoms with Crippen LogP contribution in [0.15, 0.2) is 0 Å². The molecule has 2 unspecified atom stereocenters. The molecule has 1 N–H and O–H groups in total. The summed E-state index contributed by atoms with van der Waals surface area (Å²) in [7, 11) is 0. The van der Waals surface area contributed by atoms with Crippen molar-refractivity contribution < 1.29 is 18.4 Å². The van der Waals surface area contributed by atoms with Gasteiger partial charge in [0.05, 0.1) is 6.04 Å². The summed E-state index contributed by atoms with van der Waals surface area (Å²) in [5.41, 5.74) is 0. The molecule has 2 atom stereocenters. The van der Waals surface area contributed by atoms with Crippen molar-refractivity contribution in [1.29, 1.82) is 0 Å². The molecule has 0 aromatic heterocycles. The molecule has 0 aromatic carbocycles. The molecule has 15 heavy (non-hydrogen) atoms. The molecule has 0 bridgehead atoms. The van der Waals surface area contributed by atoms with Crippen LogP contribution in [0.1, 0.15) is 33.1 Å². The van der Waals surface area contributed by atoms with Gasteiger partial charge in [-0.3, -0.25) is 9.59 Å². The maximum absolute atomic E-state index is 12.8. The lowest BCUT2D eigenvalue weighted by Crippen LogP contribution is -2.40. The van der Waals surface area contributed by atoms with E-state index in [9.17, 15) is 18.4 Å². The van der Waals surface area contributed by atoms with Crippen molar-refractivity contribution in [3.63, 3.8) is 0 Å². The molecule has 1 amide bonds. The summed E-state index contributed by atoms with van der Waals surface area (Å²) in [5.74, 6) is -3.98. The van der Waals surface area contributed by atoms with Gasteiger partial charge in [0, 0.05) is 18.8 Å². The third-order valence-electron chi connectivity index (χ3n) is 2.74. The smallest absolute Gasteiger partial charge is 0.248 e. The Labute approximate surface area is 87.2 Å². The highest BCUT2D eigenvalue weighted by molar-refractivity contribution is 5.88. The van der Waals surface area contributed by atoms with Gasteiger partial charge in [-0.2, -0.15) is 0 Å². The average molecular weight is 219 g/mol. The summed E-state index contributed by atoms with van der Waals surface area (Å²) in [6.45, 7) is 2.90. The number of hydrogen-bond donors (Lipinski definition) is 1. The Bertz CT molecular complexity index is 279. The number of rotatable bonds is 3. The van der Waals surface area contributed by atoms with Gasteiger partial charge in [-0.25, -0.2) is 8.78 Å². The highest BCUT2D eigenvalue weighted by Crippen LogP contribution is 2.38. The van der Waals surface area contributed by atoms with Gasteiger partial charge in [0.1, 0.15) is 0 Å². The number of hydrogen-bond acceptors (Lipinski definition) is 2. The second-order valence-corrected chi connectivity index (χ2v) is 4.14. The Morgan fingerprint density at radius 1 is 1.47 bits per heavy atom. The highest BCUT2D eigenvalue weighted by atomic mass is 19.3. The summed E-state index contributed by atoms with van der Waals surface area (Å²) < 4.78 is 25.6. The number of carbonyl (C=O) groups is 2. The molecule has 0 aliphatic heterocycles. The van der Waals surface area contributed by atoms with Gasteiger partial charge in [-0.15, -0.1) is 0 Å². The SMILES string of the molecule is CC(=O)C(C)NC(=O)C1CCC(F)(F)C1. The zero-order valence-corrected chi connectivity index (χ0v) is 8.85. The van der Waals surface area contributed by atoms with E-state index in [1.165, 1.54) is 6.92 Å². The van der Waals surface area contributed by atoms with E-state index >= 15 is 0 Å². The van der Waals surface area contributed by atoms with Crippen LogP contribution in [0.5, 0.6) is 0 Å². The minimum atomic E-state index is -2.72. The highest BCUT2D eigenvalue weighted by Gasteiger charge is 2.42. The normalized spacial score (nSPS) is 26.0. The predicted octanol–water partition coefficient (Wildman–Crippen LogP) is 1.52. The zero-order valence-electron chi connectivity index (χ0n) is 8.85. The van der Waals surface area contributed by atoms with Crippen LogP contribution in [0, 0.1) is 5.92 Å². The summed E-state index contributed by atoms with van der Waals surface area (Å²) in [6.07, 6.45) is -0.438. The van der Waals surface area contributed by atoms with Crippen molar-refractivity contribution in [2.24, 2.45) is 5.92 Å². The molecule has 1 aliphatic rings. The van der Waals surface area contributed by atoms with E-state index in [0.717, 1.165) is 0 Å². The lowest BCUT2D eigenvalue weighted by molar-refractivity contribution is -0.129. The van der Waals surface area contributed by atoms with Crippen LogP contribution in [0.4, 0.5) is 8.78 Å². The van der Waals surface area contributed by atoms with Crippen molar-refractivity contribution in [2.45, 2.75) is 45.1 Å². The molecular formula is C10H15F2NO2. The Balaban J connectivity index is 2.46. The maximum atomic E-state index is 12.8. The van der Waals surface area contributed by atoms with Crippen LogP contribution in [0.3, 0.4) is 0 Å². The van der Waals surface area contributed by atoms with Crippen molar-refractivity contribution >= 4 is 11.7 Å². The first-order chi connectivity index (χ1) is 6.82. The van der Waals surface area contributed by atoms with E-state index in [0.29, 0.717) is 0 Å². The molecular weight excluding hydrogens is 204 g/mol. The molecule has 0 radical (unpaired) electrons. The van der Waals surface area contributed by atoms with Crippen molar-refractivity contribution in [1.82, 2.24) is 5.32 Å². The molecule has 1 fully saturated rings. The number of amides is 1. The van der Waals surface area contributed by atoms with Crippen molar-refractivity contribution in [3.05, 3.63) is 0 Å². The third kappa shape index (κ3) is 3.25. The lowest BCUT2D eigenvalue weighted by Gasteiger charge is -2.14. The van der Waals surface area contributed by atoms with Crippen molar-refractivity contribution in [3.8, 4) is 0 Å². The van der Waals surface area contributed by atoms with Gasteiger partial charge < -0.3 is 5.32 Å². The van der Waals surface area contributed by atoms with Crippen LogP contribution in [-0.2, 0) is 9.59 Å². The van der Waals surface area contributed by atoms with E-state index in [1.54, 1.807) is 6.92 Å². The average Bonchev–Trinajstić information content (AvgIpc) is 2.45. The van der Waals surface area contributed by atoms with Crippen LogP contribution in [0.2, 0.25) is 0 Å². The fourth-order valence-electron chi connectivity index (χ4n) is 1.61. The molecule has 1 saturated carbocycles. The van der Waals surface area contributed by atoms with Crippen LogP contribution >= 0.6 is 0 Å². The molecule has 0 spiro atoms. The Morgan fingerprint density at radius 2 is 2.07 bits per heavy atom.